The van der Waals surface area contributed by atoms with Gasteiger partial charge in [0.15, 0.2) is 6.61 Å². The van der Waals surface area contributed by atoms with Crippen LogP contribution in [0.25, 0.3) is 0 Å². The zero-order chi connectivity index (χ0) is 20.3. The van der Waals surface area contributed by atoms with Crippen molar-refractivity contribution in [2.45, 2.75) is 20.4 Å². The minimum Gasteiger partial charge on any atom is -0.467 e. The molecule has 0 aliphatic heterocycles. The van der Waals surface area contributed by atoms with Gasteiger partial charge in [-0.15, -0.1) is 11.3 Å². The van der Waals surface area contributed by atoms with Gasteiger partial charge >= 0.3 is 5.97 Å². The molecule has 28 heavy (non-hydrogen) atoms. The molecule has 3 aromatic heterocycles. The second kappa shape index (κ2) is 8.13. The summed E-state index contributed by atoms with van der Waals surface area (Å²) in [5.41, 5.74) is 7.42. The summed E-state index contributed by atoms with van der Waals surface area (Å²) in [7, 11) is 0. The molecular formula is C19H19N3O5S. The molecule has 3 N–H and O–H groups in total. The zero-order valence-electron chi connectivity index (χ0n) is 15.4. The quantitative estimate of drug-likeness (QED) is 0.591. The number of nitrogens with two attached hydrogens (primary N) is 1. The van der Waals surface area contributed by atoms with Crippen LogP contribution in [0.1, 0.15) is 37.9 Å². The second-order valence-electron chi connectivity index (χ2n) is 6.10. The molecule has 0 saturated carbocycles. The number of primary amides is 1. The standard InChI is InChI=1S/C19H19N3O5S/c1-11-8-15(12(2)22(11)9-13-4-3-6-26-13)19(25)27-10-16(23)21-18-14(17(20)24)5-7-28-18/h3-8H,9-10H2,1-2H3,(H2,20,24)(H,21,23). The minimum absolute atomic E-state index is 0.214. The Labute approximate surface area is 164 Å². The van der Waals surface area contributed by atoms with E-state index in [-0.39, 0.29) is 5.56 Å². The number of thiophene rings is 1. The smallest absolute Gasteiger partial charge is 0.340 e. The van der Waals surface area contributed by atoms with Crippen LogP contribution < -0.4 is 11.1 Å². The summed E-state index contributed by atoms with van der Waals surface area (Å²) in [6.07, 6.45) is 1.59. The predicted molar refractivity (Wildman–Crippen MR) is 103 cm³/mol. The van der Waals surface area contributed by atoms with E-state index >= 15 is 0 Å². The molecule has 0 bridgehead atoms. The Morgan fingerprint density at radius 2 is 2.04 bits per heavy atom. The van der Waals surface area contributed by atoms with Gasteiger partial charge in [0, 0.05) is 11.4 Å². The van der Waals surface area contributed by atoms with E-state index in [2.05, 4.69) is 5.32 Å². The number of nitrogens with zero attached hydrogens (tertiary/aromatic N) is 1. The van der Waals surface area contributed by atoms with Crippen LogP contribution in [-0.2, 0) is 16.1 Å². The summed E-state index contributed by atoms with van der Waals surface area (Å²) in [4.78, 5) is 35.7. The van der Waals surface area contributed by atoms with Crippen molar-refractivity contribution in [3.8, 4) is 0 Å². The second-order valence-corrected chi connectivity index (χ2v) is 7.02. The number of aromatic nitrogens is 1. The monoisotopic (exact) mass is 401 g/mol. The molecule has 0 saturated heterocycles. The Morgan fingerprint density at radius 3 is 2.71 bits per heavy atom. The van der Waals surface area contributed by atoms with E-state index in [9.17, 15) is 14.4 Å². The average Bonchev–Trinajstić information content (AvgIpc) is 3.37. The first-order valence-electron chi connectivity index (χ1n) is 8.40. The number of esters is 1. The Balaban J connectivity index is 1.62. The number of amides is 2. The number of aryl methyl sites for hydroxylation is 1. The first kappa shape index (κ1) is 19.4. The van der Waals surface area contributed by atoms with Crippen LogP contribution in [0.2, 0.25) is 0 Å². The van der Waals surface area contributed by atoms with E-state index in [1.54, 1.807) is 30.7 Å². The lowest BCUT2D eigenvalue weighted by Gasteiger charge is -2.08. The highest BCUT2D eigenvalue weighted by atomic mass is 32.1. The Hall–Kier alpha value is -3.33. The fourth-order valence-corrected chi connectivity index (χ4v) is 3.59. The molecule has 146 valence electrons. The molecule has 3 rings (SSSR count). The van der Waals surface area contributed by atoms with Gasteiger partial charge < -0.3 is 24.8 Å². The molecule has 0 radical (unpaired) electrons. The third-order valence-electron chi connectivity index (χ3n) is 4.21. The highest BCUT2D eigenvalue weighted by Gasteiger charge is 2.19. The summed E-state index contributed by atoms with van der Waals surface area (Å²) in [5, 5.41) is 4.48. The molecule has 0 aliphatic rings. The molecule has 0 atom stereocenters. The molecule has 0 aliphatic carbocycles. The number of anilines is 1. The Morgan fingerprint density at radius 1 is 1.25 bits per heavy atom. The number of carbonyl (C=O) groups is 3. The summed E-state index contributed by atoms with van der Waals surface area (Å²) < 4.78 is 12.4. The van der Waals surface area contributed by atoms with Crippen molar-refractivity contribution in [3.05, 3.63) is 64.2 Å². The summed E-state index contributed by atoms with van der Waals surface area (Å²) in [5.74, 6) is -1.03. The first-order valence-corrected chi connectivity index (χ1v) is 9.28. The van der Waals surface area contributed by atoms with Gasteiger partial charge in [0.1, 0.15) is 10.8 Å². The number of rotatable bonds is 7. The summed E-state index contributed by atoms with van der Waals surface area (Å²) in [6, 6.07) is 6.88. The lowest BCUT2D eigenvalue weighted by molar-refractivity contribution is -0.119. The number of ether oxygens (including phenoxy) is 1. The maximum atomic E-state index is 12.4. The molecule has 0 spiro atoms. The lowest BCUT2D eigenvalue weighted by atomic mass is 10.2. The topological polar surface area (TPSA) is 117 Å². The van der Waals surface area contributed by atoms with E-state index in [1.807, 2.05) is 17.6 Å². The van der Waals surface area contributed by atoms with Crippen LogP contribution in [0.4, 0.5) is 5.00 Å². The van der Waals surface area contributed by atoms with Gasteiger partial charge in [0.05, 0.1) is 23.9 Å². The molecule has 3 heterocycles. The van der Waals surface area contributed by atoms with Crippen LogP contribution in [0.15, 0.2) is 40.3 Å². The third-order valence-corrected chi connectivity index (χ3v) is 5.04. The van der Waals surface area contributed by atoms with E-state index in [1.165, 1.54) is 6.07 Å². The molecule has 0 unspecified atom stereocenters. The highest BCUT2D eigenvalue weighted by molar-refractivity contribution is 7.14. The van der Waals surface area contributed by atoms with Crippen LogP contribution in [-0.4, -0.2) is 29.0 Å². The van der Waals surface area contributed by atoms with Crippen molar-refractivity contribution in [2.75, 3.05) is 11.9 Å². The van der Waals surface area contributed by atoms with Crippen molar-refractivity contribution in [3.63, 3.8) is 0 Å². The molecular weight excluding hydrogens is 382 g/mol. The highest BCUT2D eigenvalue weighted by Crippen LogP contribution is 2.22. The number of hydrogen-bond donors (Lipinski definition) is 2. The summed E-state index contributed by atoms with van der Waals surface area (Å²) >= 11 is 1.16. The largest absolute Gasteiger partial charge is 0.467 e. The van der Waals surface area contributed by atoms with E-state index in [4.69, 9.17) is 14.9 Å². The van der Waals surface area contributed by atoms with Gasteiger partial charge in [0.2, 0.25) is 0 Å². The SMILES string of the molecule is Cc1cc(C(=O)OCC(=O)Nc2sccc2C(N)=O)c(C)n1Cc1ccco1. The van der Waals surface area contributed by atoms with Gasteiger partial charge in [0.25, 0.3) is 11.8 Å². The lowest BCUT2D eigenvalue weighted by Crippen LogP contribution is -2.22. The van der Waals surface area contributed by atoms with Crippen molar-refractivity contribution in [1.82, 2.24) is 4.57 Å². The number of hydrogen-bond acceptors (Lipinski definition) is 6. The zero-order valence-corrected chi connectivity index (χ0v) is 16.2. The third kappa shape index (κ3) is 4.15. The first-order chi connectivity index (χ1) is 13.4. The maximum absolute atomic E-state index is 12.4. The van der Waals surface area contributed by atoms with Crippen LogP contribution in [0.3, 0.4) is 0 Å². The predicted octanol–water partition coefficient (Wildman–Crippen LogP) is 2.70. The molecule has 9 heteroatoms. The number of carbonyl (C=O) groups excluding carboxylic acids is 3. The molecule has 0 aromatic carbocycles. The van der Waals surface area contributed by atoms with Crippen LogP contribution in [0, 0.1) is 13.8 Å². The fraction of sp³-hybridized carbons (Fsp3) is 0.211. The molecule has 2 amide bonds. The normalized spacial score (nSPS) is 10.6. The van der Waals surface area contributed by atoms with Crippen LogP contribution in [0.5, 0.6) is 0 Å². The van der Waals surface area contributed by atoms with Gasteiger partial charge in [-0.2, -0.15) is 0 Å². The van der Waals surface area contributed by atoms with E-state index < -0.39 is 24.4 Å². The average molecular weight is 401 g/mol. The van der Waals surface area contributed by atoms with Gasteiger partial charge in [-0.3, -0.25) is 9.59 Å². The number of furan rings is 1. The summed E-state index contributed by atoms with van der Waals surface area (Å²) in [6.45, 7) is 3.70. The van der Waals surface area contributed by atoms with Crippen molar-refractivity contribution in [1.29, 1.82) is 0 Å². The Kier molecular flexibility index (Phi) is 5.65. The van der Waals surface area contributed by atoms with Gasteiger partial charge in [-0.25, -0.2) is 4.79 Å². The van der Waals surface area contributed by atoms with Crippen molar-refractivity contribution < 1.29 is 23.5 Å². The van der Waals surface area contributed by atoms with Crippen molar-refractivity contribution in [2.24, 2.45) is 5.73 Å². The molecule has 8 nitrogen and oxygen atoms in total. The molecule has 0 fully saturated rings. The van der Waals surface area contributed by atoms with Gasteiger partial charge in [-0.05, 0) is 43.5 Å². The van der Waals surface area contributed by atoms with Crippen LogP contribution >= 0.6 is 11.3 Å². The minimum atomic E-state index is -0.641. The van der Waals surface area contributed by atoms with E-state index in [0.717, 1.165) is 22.8 Å². The van der Waals surface area contributed by atoms with E-state index in [0.29, 0.717) is 22.8 Å². The maximum Gasteiger partial charge on any atom is 0.340 e. The Bertz CT molecular complexity index is 1020. The van der Waals surface area contributed by atoms with Gasteiger partial charge in [-0.1, -0.05) is 0 Å². The molecule has 3 aromatic rings. The fourth-order valence-electron chi connectivity index (χ4n) is 2.78. The number of nitrogens with one attached hydrogen (secondary N) is 1. The van der Waals surface area contributed by atoms with Crippen molar-refractivity contribution >= 4 is 34.1 Å².